The summed E-state index contributed by atoms with van der Waals surface area (Å²) in [5.74, 6) is -0.104. The number of aromatic nitrogens is 2. The Morgan fingerprint density at radius 2 is 1.80 bits per heavy atom. The van der Waals surface area contributed by atoms with Gasteiger partial charge in [0.05, 0.1) is 0 Å². The Balaban J connectivity index is 1.74. The first-order chi connectivity index (χ1) is 12.1. The number of benzene rings is 1. The van der Waals surface area contributed by atoms with Gasteiger partial charge in [0.2, 0.25) is 5.91 Å². The third-order valence-electron chi connectivity index (χ3n) is 4.54. The minimum absolute atomic E-state index is 0.0378. The van der Waals surface area contributed by atoms with Gasteiger partial charge in [0, 0.05) is 30.2 Å². The molecule has 7 nitrogen and oxygen atoms in total. The highest BCUT2D eigenvalue weighted by atomic mass is 16.2. The van der Waals surface area contributed by atoms with Crippen molar-refractivity contribution in [2.75, 3.05) is 23.7 Å². The van der Waals surface area contributed by atoms with Crippen LogP contribution in [0.4, 0.5) is 11.4 Å². The molecule has 0 bridgehead atoms. The normalized spacial score (nSPS) is 16.2. The second-order valence-electron chi connectivity index (χ2n) is 6.17. The highest BCUT2D eigenvalue weighted by Crippen LogP contribution is 2.29. The van der Waals surface area contributed by atoms with Crippen molar-refractivity contribution in [1.82, 2.24) is 15.1 Å². The molecule has 7 heteroatoms. The maximum atomic E-state index is 13.0. The van der Waals surface area contributed by atoms with Crippen molar-refractivity contribution in [3.63, 3.8) is 0 Å². The molecule has 0 aliphatic carbocycles. The molecule has 2 heterocycles. The van der Waals surface area contributed by atoms with Gasteiger partial charge in [0.25, 0.3) is 5.91 Å². The fraction of sp³-hybridized carbons (Fsp3) is 0.389. The Kier molecular flexibility index (Phi) is 5.14. The van der Waals surface area contributed by atoms with E-state index < -0.39 is 5.54 Å². The smallest absolute Gasteiger partial charge is 0.252 e. The van der Waals surface area contributed by atoms with E-state index >= 15 is 0 Å². The first-order valence-electron chi connectivity index (χ1n) is 8.56. The zero-order valence-corrected chi connectivity index (χ0v) is 14.3. The Morgan fingerprint density at radius 3 is 2.36 bits per heavy atom. The molecule has 25 heavy (non-hydrogen) atoms. The van der Waals surface area contributed by atoms with Crippen LogP contribution in [0.3, 0.4) is 0 Å². The molecule has 1 aromatic carbocycles. The summed E-state index contributed by atoms with van der Waals surface area (Å²) in [6, 6.07) is 8.99. The van der Waals surface area contributed by atoms with Crippen LogP contribution in [0.25, 0.3) is 0 Å². The highest BCUT2D eigenvalue weighted by Gasteiger charge is 2.41. The number of carbonyl (C=O) groups is 2. The number of piperidine rings is 1. The van der Waals surface area contributed by atoms with Gasteiger partial charge in [-0.15, -0.1) is 0 Å². The van der Waals surface area contributed by atoms with Gasteiger partial charge in [-0.1, -0.05) is 6.92 Å². The molecule has 3 N–H and O–H groups in total. The highest BCUT2D eigenvalue weighted by molar-refractivity contribution is 5.97. The van der Waals surface area contributed by atoms with Crippen LogP contribution in [-0.2, 0) is 15.1 Å². The van der Waals surface area contributed by atoms with Crippen molar-refractivity contribution in [2.24, 2.45) is 0 Å². The summed E-state index contributed by atoms with van der Waals surface area (Å²) >= 11 is 0. The average molecular weight is 341 g/mol. The van der Waals surface area contributed by atoms with E-state index in [1.807, 2.05) is 12.3 Å². The number of nitrogens with zero attached hydrogens (tertiary/aromatic N) is 2. The topological polar surface area (TPSA) is 88.1 Å². The molecule has 0 spiro atoms. The summed E-state index contributed by atoms with van der Waals surface area (Å²) in [6.45, 7) is 3.35. The van der Waals surface area contributed by atoms with E-state index in [0.717, 1.165) is 13.1 Å². The second-order valence-corrected chi connectivity index (χ2v) is 6.17. The van der Waals surface area contributed by atoms with Crippen LogP contribution < -0.4 is 16.0 Å². The number of rotatable bonds is 5. The molecular formula is C18H23N5O2. The summed E-state index contributed by atoms with van der Waals surface area (Å²) in [6.07, 6.45) is 5.34. The van der Waals surface area contributed by atoms with Crippen LogP contribution in [0.5, 0.6) is 0 Å². The van der Waals surface area contributed by atoms with E-state index in [0.29, 0.717) is 30.6 Å². The monoisotopic (exact) mass is 341 g/mol. The predicted molar refractivity (Wildman–Crippen MR) is 96.3 cm³/mol. The van der Waals surface area contributed by atoms with E-state index in [-0.39, 0.29) is 11.8 Å². The number of hydrogen-bond acceptors (Lipinski definition) is 4. The van der Waals surface area contributed by atoms with Crippen LogP contribution >= 0.6 is 0 Å². The van der Waals surface area contributed by atoms with Crippen LogP contribution in [0.15, 0.2) is 42.7 Å². The summed E-state index contributed by atoms with van der Waals surface area (Å²) in [4.78, 5) is 24.5. The lowest BCUT2D eigenvalue weighted by atomic mass is 9.87. The number of amides is 2. The summed E-state index contributed by atoms with van der Waals surface area (Å²) in [5.41, 5.74) is 0.738. The van der Waals surface area contributed by atoms with Crippen molar-refractivity contribution >= 4 is 23.2 Å². The van der Waals surface area contributed by atoms with Crippen LogP contribution in [0, 0.1) is 0 Å². The molecule has 2 aromatic rings. The van der Waals surface area contributed by atoms with Crippen LogP contribution in [-0.4, -0.2) is 34.7 Å². The van der Waals surface area contributed by atoms with Gasteiger partial charge < -0.3 is 16.0 Å². The molecule has 1 aliphatic rings. The Labute approximate surface area is 146 Å². The second kappa shape index (κ2) is 7.48. The lowest BCUT2D eigenvalue weighted by molar-refractivity contribution is -0.126. The summed E-state index contributed by atoms with van der Waals surface area (Å²) in [5, 5.41) is 13.4. The van der Waals surface area contributed by atoms with Crippen molar-refractivity contribution in [3.8, 4) is 0 Å². The minimum atomic E-state index is -0.677. The maximum Gasteiger partial charge on any atom is 0.252 e. The number of anilines is 2. The van der Waals surface area contributed by atoms with Crippen molar-refractivity contribution in [3.05, 3.63) is 42.7 Å². The summed E-state index contributed by atoms with van der Waals surface area (Å²) < 4.78 is 1.76. The molecule has 1 aliphatic heterocycles. The van der Waals surface area contributed by atoms with Crippen LogP contribution in [0.1, 0.15) is 26.2 Å². The first-order valence-corrected chi connectivity index (χ1v) is 8.56. The van der Waals surface area contributed by atoms with Gasteiger partial charge in [0.15, 0.2) is 0 Å². The fourth-order valence-electron chi connectivity index (χ4n) is 3.06. The van der Waals surface area contributed by atoms with E-state index in [1.54, 1.807) is 42.1 Å². The molecule has 1 aromatic heterocycles. The van der Waals surface area contributed by atoms with E-state index in [4.69, 9.17) is 0 Å². The third kappa shape index (κ3) is 3.71. The zero-order chi connectivity index (χ0) is 17.7. The fourth-order valence-corrected chi connectivity index (χ4v) is 3.06. The Bertz CT molecular complexity index is 718. The number of hydrogen-bond donors (Lipinski definition) is 3. The van der Waals surface area contributed by atoms with E-state index in [2.05, 4.69) is 21.0 Å². The zero-order valence-electron chi connectivity index (χ0n) is 14.3. The van der Waals surface area contributed by atoms with Crippen molar-refractivity contribution < 1.29 is 9.59 Å². The molecule has 0 radical (unpaired) electrons. The first kappa shape index (κ1) is 17.2. The van der Waals surface area contributed by atoms with Gasteiger partial charge in [0.1, 0.15) is 5.54 Å². The maximum absolute atomic E-state index is 13.0. The number of nitrogens with one attached hydrogen (secondary N) is 3. The molecule has 0 atom stereocenters. The van der Waals surface area contributed by atoms with Gasteiger partial charge in [-0.3, -0.25) is 14.3 Å². The molecule has 1 saturated heterocycles. The van der Waals surface area contributed by atoms with Gasteiger partial charge in [-0.25, -0.2) is 0 Å². The van der Waals surface area contributed by atoms with Crippen molar-refractivity contribution in [1.29, 1.82) is 0 Å². The molecular weight excluding hydrogens is 318 g/mol. The van der Waals surface area contributed by atoms with Crippen molar-refractivity contribution in [2.45, 2.75) is 31.7 Å². The largest absolute Gasteiger partial charge is 0.326 e. The standard InChI is InChI=1S/C18H23N5O2/c1-2-16(24)21-14-4-6-15(7-5-14)22-17(25)18(8-11-19-12-9-18)23-13-3-10-20-23/h3-7,10,13,19H,2,8-9,11-12H2,1H3,(H,21,24)(H,22,25). The molecule has 132 valence electrons. The minimum Gasteiger partial charge on any atom is -0.326 e. The molecule has 2 amide bonds. The lowest BCUT2D eigenvalue weighted by Gasteiger charge is -2.36. The number of carbonyl (C=O) groups excluding carboxylic acids is 2. The van der Waals surface area contributed by atoms with Gasteiger partial charge in [-0.2, -0.15) is 5.10 Å². The Morgan fingerprint density at radius 1 is 1.16 bits per heavy atom. The van der Waals surface area contributed by atoms with E-state index in [9.17, 15) is 9.59 Å². The Hall–Kier alpha value is -2.67. The molecule has 1 fully saturated rings. The SMILES string of the molecule is CCC(=O)Nc1ccc(NC(=O)C2(n3cccn3)CCNCC2)cc1. The summed E-state index contributed by atoms with van der Waals surface area (Å²) in [7, 11) is 0. The predicted octanol–water partition coefficient (Wildman–Crippen LogP) is 1.95. The molecule has 0 saturated carbocycles. The van der Waals surface area contributed by atoms with Gasteiger partial charge >= 0.3 is 0 Å². The van der Waals surface area contributed by atoms with Crippen LogP contribution in [0.2, 0.25) is 0 Å². The average Bonchev–Trinajstić information content (AvgIpc) is 3.19. The molecule has 3 rings (SSSR count). The quantitative estimate of drug-likeness (QED) is 0.776. The third-order valence-corrected chi connectivity index (χ3v) is 4.54. The van der Waals surface area contributed by atoms with E-state index in [1.165, 1.54) is 0 Å². The molecule has 0 unspecified atom stereocenters. The van der Waals surface area contributed by atoms with Gasteiger partial charge in [-0.05, 0) is 56.3 Å². The lowest BCUT2D eigenvalue weighted by Crippen LogP contribution is -2.52.